The maximum atomic E-state index is 15.4. The maximum Gasteiger partial charge on any atom is 0.417 e. The van der Waals surface area contributed by atoms with Gasteiger partial charge in [-0.05, 0) is 119 Å². The van der Waals surface area contributed by atoms with Crippen LogP contribution < -0.4 is 16.0 Å². The number of likely N-dealkylation sites (tertiary alicyclic amines) is 1. The molecule has 6 aliphatic rings. The number of terminal acetylenes is 1. The van der Waals surface area contributed by atoms with Crippen LogP contribution >= 0.6 is 11.6 Å². The Hall–Kier alpha value is -7.50. The second kappa shape index (κ2) is 34.2. The number of likely N-dealkylation sites (N-methyl/N-ethyl adjacent to an activating group) is 6. The van der Waals surface area contributed by atoms with Crippen LogP contribution in [0.4, 0.5) is 13.2 Å². The molecule has 9 atom stereocenters. The number of fused-ring (bicyclic) bond motifs is 2. The first-order chi connectivity index (χ1) is 46.6. The van der Waals surface area contributed by atoms with Crippen LogP contribution in [0.1, 0.15) is 174 Å². The molecular formula is C71H104ClF3N12O12. The van der Waals surface area contributed by atoms with Gasteiger partial charge in [-0.1, -0.05) is 90.3 Å². The van der Waals surface area contributed by atoms with E-state index >= 15 is 19.2 Å². The number of nitrogens with zero attached hydrogens (tertiary/aromatic N) is 9. The van der Waals surface area contributed by atoms with Crippen molar-refractivity contribution in [3.63, 3.8) is 0 Å². The number of benzene rings is 1. The maximum absolute atomic E-state index is 15.4. The monoisotopic (exact) mass is 1410 g/mol. The Labute approximate surface area is 585 Å². The van der Waals surface area contributed by atoms with Crippen molar-refractivity contribution >= 4 is 82.5 Å². The first-order valence-corrected chi connectivity index (χ1v) is 35.7. The van der Waals surface area contributed by atoms with Gasteiger partial charge in [-0.3, -0.25) is 57.5 Å². The molecule has 1 aromatic carbocycles. The summed E-state index contributed by atoms with van der Waals surface area (Å²) in [6.45, 7) is 8.79. The Kier molecular flexibility index (Phi) is 27.3. The number of aryl methyl sites for hydroxylation is 1. The van der Waals surface area contributed by atoms with Crippen LogP contribution in [0.25, 0.3) is 0 Å². The summed E-state index contributed by atoms with van der Waals surface area (Å²) >= 11 is 6.15. The fourth-order valence-corrected chi connectivity index (χ4v) is 15.5. The summed E-state index contributed by atoms with van der Waals surface area (Å²) in [5.74, 6) is -6.45. The third-order valence-electron chi connectivity index (χ3n) is 21.3. The van der Waals surface area contributed by atoms with Gasteiger partial charge in [0.15, 0.2) is 0 Å². The predicted octanol–water partition coefficient (Wildman–Crippen LogP) is 5.01. The number of carbonyl (C=O) groups is 12. The highest BCUT2D eigenvalue weighted by molar-refractivity contribution is 6.31. The summed E-state index contributed by atoms with van der Waals surface area (Å²) in [5.41, 5.74) is -2.37. The molecule has 4 aliphatic heterocycles. The van der Waals surface area contributed by atoms with E-state index in [0.29, 0.717) is 50.8 Å². The van der Waals surface area contributed by atoms with Crippen molar-refractivity contribution in [2.24, 2.45) is 17.8 Å². The van der Waals surface area contributed by atoms with E-state index in [0.717, 1.165) is 60.5 Å². The van der Waals surface area contributed by atoms with Crippen LogP contribution in [0.2, 0.25) is 5.02 Å². The summed E-state index contributed by atoms with van der Waals surface area (Å²) in [7, 11) is 8.42. The Balaban J connectivity index is 1.28. The molecule has 24 nitrogen and oxygen atoms in total. The van der Waals surface area contributed by atoms with Gasteiger partial charge in [0.25, 0.3) is 0 Å². The molecule has 28 heteroatoms. The first kappa shape index (κ1) is 78.8. The highest BCUT2D eigenvalue weighted by Gasteiger charge is 2.51. The molecule has 0 bridgehead atoms. The van der Waals surface area contributed by atoms with Crippen LogP contribution in [0.5, 0.6) is 0 Å². The molecule has 1 aromatic rings. The second-order valence-electron chi connectivity index (χ2n) is 29.1. The van der Waals surface area contributed by atoms with Gasteiger partial charge in [0, 0.05) is 74.9 Å². The molecule has 7 rings (SSSR count). The summed E-state index contributed by atoms with van der Waals surface area (Å²) in [6.07, 6.45) is 8.60. The van der Waals surface area contributed by atoms with Gasteiger partial charge in [-0.2, -0.15) is 13.2 Å². The second-order valence-corrected chi connectivity index (χ2v) is 29.5. The molecule has 4 heterocycles. The van der Waals surface area contributed by atoms with Crippen molar-refractivity contribution in [1.82, 2.24) is 60.0 Å². The topological polar surface area (TPSA) is 270 Å². The Morgan fingerprint density at radius 3 is 1.88 bits per heavy atom. The van der Waals surface area contributed by atoms with Gasteiger partial charge < -0.3 is 60.0 Å². The number of amides is 12. The average molecular weight is 1410 g/mol. The van der Waals surface area contributed by atoms with Gasteiger partial charge in [-0.15, -0.1) is 12.3 Å². The Morgan fingerprint density at radius 1 is 0.657 bits per heavy atom. The molecule has 2 aliphatic carbocycles. The molecule has 3 N–H and O–H groups in total. The Morgan fingerprint density at radius 2 is 1.29 bits per heavy atom. The highest BCUT2D eigenvalue weighted by atomic mass is 35.5. The number of halogens is 4. The zero-order valence-corrected chi connectivity index (χ0v) is 60.3. The van der Waals surface area contributed by atoms with Crippen LogP contribution in [-0.4, -0.2) is 250 Å². The highest BCUT2D eigenvalue weighted by Crippen LogP contribution is 2.37. The number of nitrogens with one attached hydrogen (secondary N) is 3. The molecule has 4 saturated heterocycles. The lowest BCUT2D eigenvalue weighted by molar-refractivity contribution is -0.160. The number of piperidine rings is 1. The van der Waals surface area contributed by atoms with Gasteiger partial charge >= 0.3 is 6.18 Å². The SMILES string of the molecule is C#CC[C@@H]1NC(=O)[C@H](CC(C)C)N(C)C(=O)C[C@@H](C(=O)N2CCCCC2)N(C)C(=O)[C@H](C(C)C)N(C)C(=O)C2(CCCC2)NC(=O)[C@@H]2CCCN2C(=O)[C@H](CCc2ccc(C(F)(F)F)c(Cl)c2)NC(=O)CN(C)C(=O)[C@H](CC2CCCCC2)N(C)C(=O)[C@@H]2CCN2C(=O)[C@H](C)N(C)C1=O. The average Bonchev–Trinajstić information content (AvgIpc) is 1.22. The molecule has 6 fully saturated rings. The normalized spacial score (nSPS) is 27.5. The van der Waals surface area contributed by atoms with E-state index in [1.807, 2.05) is 13.8 Å². The third-order valence-corrected chi connectivity index (χ3v) is 21.6. The number of carbonyl (C=O) groups excluding carboxylic acids is 12. The molecule has 99 heavy (non-hydrogen) atoms. The Bertz CT molecular complexity index is 3200. The number of alkyl halides is 3. The first-order valence-electron chi connectivity index (χ1n) is 35.3. The minimum absolute atomic E-state index is 0.0113. The number of hydrogen-bond acceptors (Lipinski definition) is 12. The summed E-state index contributed by atoms with van der Waals surface area (Å²) in [6, 6.07) is -8.27. The lowest BCUT2D eigenvalue weighted by Crippen LogP contribution is -2.65. The van der Waals surface area contributed by atoms with Crippen molar-refractivity contribution in [2.45, 2.75) is 236 Å². The van der Waals surface area contributed by atoms with Crippen molar-refractivity contribution in [3.8, 4) is 12.3 Å². The molecule has 0 aromatic heterocycles. The molecule has 0 unspecified atom stereocenters. The molecule has 0 radical (unpaired) electrons. The minimum Gasteiger partial charge on any atom is -0.343 e. The fourth-order valence-electron chi connectivity index (χ4n) is 15.2. The molecule has 1 spiro atoms. The number of hydrogen-bond donors (Lipinski definition) is 3. The van der Waals surface area contributed by atoms with E-state index < -0.39 is 166 Å². The number of rotatable bonds is 10. The van der Waals surface area contributed by atoms with Gasteiger partial charge in [0.1, 0.15) is 59.9 Å². The van der Waals surface area contributed by atoms with Gasteiger partial charge in [0.2, 0.25) is 70.9 Å². The predicted molar refractivity (Wildman–Crippen MR) is 363 cm³/mol. The smallest absolute Gasteiger partial charge is 0.343 e. The van der Waals surface area contributed by atoms with Crippen molar-refractivity contribution in [2.75, 3.05) is 75.0 Å². The van der Waals surface area contributed by atoms with Crippen LogP contribution in [0.3, 0.4) is 0 Å². The van der Waals surface area contributed by atoms with Gasteiger partial charge in [-0.25, -0.2) is 0 Å². The standard InChI is InChI=1S/C71H104ClF3N12O12/c1-13-23-50-63(93)80(8)45(6)62(92)87-37-31-53(87)66(96)82(10)55(40-46-24-16-14-17-25-46)65(95)79(7)42-57(88)76-51(30-28-47-27-29-48(49(72)39-47)71(73,74)75)64(94)86-36-22-26-52(86)61(91)78-70(32-18-19-33-70)69(99)84(12)59(44(4)5)68(98)83(11)56(67(97)85-34-20-15-21-35-85)41-58(89)81(9)54(38-43(2)3)60(90)77-50/h1,27,29,39,43-46,50-56,59H,14-26,28,30-38,40-42H2,2-12H3,(H,76,88)(H,77,90)(H,78,91)/t45-,50-,51-,52-,53-,54-,55-,56-,59-/m0/s1. The van der Waals surface area contributed by atoms with E-state index in [-0.39, 0.29) is 82.7 Å². The zero-order valence-electron chi connectivity index (χ0n) is 59.6. The molecule has 2 saturated carbocycles. The summed E-state index contributed by atoms with van der Waals surface area (Å²) < 4.78 is 41.6. The zero-order chi connectivity index (χ0) is 73.1. The van der Waals surface area contributed by atoms with E-state index in [1.165, 1.54) is 84.7 Å². The summed E-state index contributed by atoms with van der Waals surface area (Å²) in [4.78, 5) is 190. The largest absolute Gasteiger partial charge is 0.417 e. The van der Waals surface area contributed by atoms with Crippen LogP contribution in [-0.2, 0) is 70.1 Å². The third kappa shape index (κ3) is 18.7. The van der Waals surface area contributed by atoms with E-state index in [2.05, 4.69) is 21.9 Å². The van der Waals surface area contributed by atoms with Crippen molar-refractivity contribution < 1.29 is 70.7 Å². The van der Waals surface area contributed by atoms with Crippen LogP contribution in [0.15, 0.2) is 18.2 Å². The molecule has 548 valence electrons. The summed E-state index contributed by atoms with van der Waals surface area (Å²) in [5, 5.41) is 7.94. The lowest BCUT2D eigenvalue weighted by Gasteiger charge is -2.45. The minimum atomic E-state index is -4.76. The van der Waals surface area contributed by atoms with Crippen molar-refractivity contribution in [1.29, 1.82) is 0 Å². The van der Waals surface area contributed by atoms with Crippen LogP contribution in [0, 0.1) is 30.1 Å². The fraction of sp³-hybridized carbons (Fsp3) is 0.718. The van der Waals surface area contributed by atoms with E-state index in [1.54, 1.807) is 18.7 Å². The van der Waals surface area contributed by atoms with E-state index in [9.17, 15) is 51.5 Å². The lowest BCUT2D eigenvalue weighted by atomic mass is 9.84. The van der Waals surface area contributed by atoms with Crippen molar-refractivity contribution in [3.05, 3.63) is 34.3 Å². The van der Waals surface area contributed by atoms with Gasteiger partial charge in [0.05, 0.1) is 23.6 Å². The quantitative estimate of drug-likeness (QED) is 0.261. The molecular weight excluding hydrogens is 1310 g/mol. The van der Waals surface area contributed by atoms with E-state index in [4.69, 9.17) is 18.0 Å². The molecule has 12 amide bonds.